The van der Waals surface area contributed by atoms with Crippen LogP contribution in [0.25, 0.3) is 0 Å². The zero-order chi connectivity index (χ0) is 12.9. The third-order valence-corrected chi connectivity index (χ3v) is 9.52. The van der Waals surface area contributed by atoms with Crippen molar-refractivity contribution in [1.82, 2.24) is 0 Å². The monoisotopic (exact) mass is 256 g/mol. The quantitative estimate of drug-likeness (QED) is 0.639. The van der Waals surface area contributed by atoms with Crippen LogP contribution in [-0.2, 0) is 9.22 Å². The Hall–Kier alpha value is -0.153. The van der Waals surface area contributed by atoms with Crippen molar-refractivity contribution < 1.29 is 9.22 Å². The maximum atomic E-state index is 11.9. The SMILES string of the molecule is CC[Si](CC)(CC)OCC1(C(C)=O)CCCC1. The summed E-state index contributed by atoms with van der Waals surface area (Å²) in [7, 11) is -1.53. The fourth-order valence-electron chi connectivity index (χ4n) is 3.00. The molecule has 0 bridgehead atoms. The number of rotatable bonds is 7. The van der Waals surface area contributed by atoms with Crippen LogP contribution in [0, 0.1) is 5.41 Å². The Kier molecular flexibility index (Phi) is 5.39. The molecule has 0 aliphatic heterocycles. The summed E-state index contributed by atoms with van der Waals surface area (Å²) >= 11 is 0. The van der Waals surface area contributed by atoms with Crippen molar-refractivity contribution in [3.05, 3.63) is 0 Å². The molecule has 2 nitrogen and oxygen atoms in total. The maximum Gasteiger partial charge on any atom is 0.192 e. The second-order valence-electron chi connectivity index (χ2n) is 5.58. The Morgan fingerprint density at radius 3 is 1.94 bits per heavy atom. The fraction of sp³-hybridized carbons (Fsp3) is 0.929. The van der Waals surface area contributed by atoms with Gasteiger partial charge in [-0.05, 0) is 37.9 Å². The van der Waals surface area contributed by atoms with Crippen LogP contribution in [0.5, 0.6) is 0 Å². The smallest absolute Gasteiger partial charge is 0.192 e. The number of ketones is 1. The first-order valence-electron chi connectivity index (χ1n) is 7.19. The van der Waals surface area contributed by atoms with Gasteiger partial charge in [0.2, 0.25) is 0 Å². The van der Waals surface area contributed by atoms with E-state index < -0.39 is 8.32 Å². The Balaban J connectivity index is 2.66. The molecule has 0 spiro atoms. The molecule has 0 unspecified atom stereocenters. The number of carbonyl (C=O) groups excluding carboxylic acids is 1. The molecule has 0 aromatic rings. The molecule has 1 saturated carbocycles. The first-order valence-corrected chi connectivity index (χ1v) is 9.72. The Morgan fingerprint density at radius 1 is 1.12 bits per heavy atom. The summed E-state index contributed by atoms with van der Waals surface area (Å²) in [5.74, 6) is 0.348. The van der Waals surface area contributed by atoms with Crippen LogP contribution in [0.1, 0.15) is 53.4 Å². The molecule has 1 rings (SSSR count). The number of Topliss-reactive ketones (excluding diaryl/α,β-unsaturated/α-hetero) is 1. The lowest BCUT2D eigenvalue weighted by Gasteiger charge is -2.34. The normalized spacial score (nSPS) is 19.5. The third kappa shape index (κ3) is 3.19. The summed E-state index contributed by atoms with van der Waals surface area (Å²) in [6.45, 7) is 9.18. The fourth-order valence-corrected chi connectivity index (χ4v) is 5.69. The second-order valence-corrected chi connectivity index (χ2v) is 10.4. The minimum Gasteiger partial charge on any atom is -0.416 e. The van der Waals surface area contributed by atoms with Crippen LogP contribution < -0.4 is 0 Å². The van der Waals surface area contributed by atoms with Gasteiger partial charge in [-0.15, -0.1) is 0 Å². The van der Waals surface area contributed by atoms with Crippen LogP contribution in [0.3, 0.4) is 0 Å². The van der Waals surface area contributed by atoms with E-state index in [-0.39, 0.29) is 5.41 Å². The van der Waals surface area contributed by atoms with Crippen LogP contribution >= 0.6 is 0 Å². The lowest BCUT2D eigenvalue weighted by atomic mass is 9.83. The van der Waals surface area contributed by atoms with E-state index in [2.05, 4.69) is 20.8 Å². The first kappa shape index (κ1) is 14.9. The van der Waals surface area contributed by atoms with Gasteiger partial charge in [-0.2, -0.15) is 0 Å². The molecule has 1 fully saturated rings. The summed E-state index contributed by atoms with van der Waals surface area (Å²) in [5.41, 5.74) is -0.127. The summed E-state index contributed by atoms with van der Waals surface area (Å²) in [5, 5.41) is 0. The molecule has 1 aliphatic carbocycles. The van der Waals surface area contributed by atoms with Gasteiger partial charge < -0.3 is 4.43 Å². The van der Waals surface area contributed by atoms with Crippen LogP contribution in [0.15, 0.2) is 0 Å². The minimum atomic E-state index is -1.53. The molecule has 1 aliphatic rings. The van der Waals surface area contributed by atoms with Gasteiger partial charge in [-0.25, -0.2) is 0 Å². The predicted octanol–water partition coefficient (Wildman–Crippen LogP) is 4.16. The van der Waals surface area contributed by atoms with Gasteiger partial charge in [0, 0.05) is 6.61 Å². The molecular formula is C14H28O2Si. The van der Waals surface area contributed by atoms with Crippen LogP contribution in [0.4, 0.5) is 0 Å². The van der Waals surface area contributed by atoms with E-state index in [0.29, 0.717) is 12.4 Å². The molecule has 100 valence electrons. The van der Waals surface area contributed by atoms with Crippen molar-refractivity contribution in [2.45, 2.75) is 71.5 Å². The van der Waals surface area contributed by atoms with E-state index in [1.807, 2.05) is 0 Å². The zero-order valence-electron chi connectivity index (χ0n) is 12.0. The average molecular weight is 256 g/mol. The molecule has 3 heteroatoms. The van der Waals surface area contributed by atoms with Crippen molar-refractivity contribution in [3.8, 4) is 0 Å². The summed E-state index contributed by atoms with van der Waals surface area (Å²) < 4.78 is 6.34. The predicted molar refractivity (Wildman–Crippen MR) is 74.7 cm³/mol. The second kappa shape index (κ2) is 6.14. The van der Waals surface area contributed by atoms with Gasteiger partial charge in [0.15, 0.2) is 8.32 Å². The molecule has 0 aromatic carbocycles. The molecule has 0 amide bonds. The summed E-state index contributed by atoms with van der Waals surface area (Å²) in [6.07, 6.45) is 4.48. The van der Waals surface area contributed by atoms with E-state index in [4.69, 9.17) is 4.43 Å². The Labute approximate surface area is 107 Å². The third-order valence-electron chi connectivity index (χ3n) is 4.90. The molecule has 0 radical (unpaired) electrons. The number of carbonyl (C=O) groups is 1. The number of hydrogen-bond acceptors (Lipinski definition) is 2. The average Bonchev–Trinajstić information content (AvgIpc) is 2.82. The zero-order valence-corrected chi connectivity index (χ0v) is 13.0. The standard InChI is InChI=1S/C14H28O2Si/c1-5-17(6-2,7-3)16-12-14(13(4)15)10-8-9-11-14/h5-12H2,1-4H3. The van der Waals surface area contributed by atoms with Crippen molar-refractivity contribution >= 4 is 14.1 Å². The van der Waals surface area contributed by atoms with Crippen molar-refractivity contribution in [2.75, 3.05) is 6.61 Å². The highest BCUT2D eigenvalue weighted by Gasteiger charge is 2.41. The molecule has 0 atom stereocenters. The van der Waals surface area contributed by atoms with Gasteiger partial charge in [0.1, 0.15) is 5.78 Å². The molecule has 0 N–H and O–H groups in total. The van der Waals surface area contributed by atoms with E-state index in [9.17, 15) is 4.79 Å². The highest BCUT2D eigenvalue weighted by molar-refractivity contribution is 6.73. The molecule has 0 saturated heterocycles. The maximum absolute atomic E-state index is 11.9. The lowest BCUT2D eigenvalue weighted by molar-refractivity contribution is -0.128. The van der Waals surface area contributed by atoms with Crippen molar-refractivity contribution in [2.24, 2.45) is 5.41 Å². The largest absolute Gasteiger partial charge is 0.416 e. The van der Waals surface area contributed by atoms with Crippen LogP contribution in [0.2, 0.25) is 18.1 Å². The lowest BCUT2D eigenvalue weighted by Crippen LogP contribution is -2.42. The first-order chi connectivity index (χ1) is 8.04. The molecule has 17 heavy (non-hydrogen) atoms. The highest BCUT2D eigenvalue weighted by atomic mass is 28.4. The molecular weight excluding hydrogens is 228 g/mol. The van der Waals surface area contributed by atoms with E-state index in [1.165, 1.54) is 31.0 Å². The van der Waals surface area contributed by atoms with E-state index >= 15 is 0 Å². The molecule has 0 heterocycles. The van der Waals surface area contributed by atoms with Gasteiger partial charge in [-0.1, -0.05) is 33.6 Å². The van der Waals surface area contributed by atoms with Gasteiger partial charge in [-0.3, -0.25) is 4.79 Å². The highest BCUT2D eigenvalue weighted by Crippen LogP contribution is 2.40. The minimum absolute atomic E-state index is 0.127. The Bertz CT molecular complexity index is 245. The summed E-state index contributed by atoms with van der Waals surface area (Å²) in [4.78, 5) is 11.9. The number of hydrogen-bond donors (Lipinski definition) is 0. The van der Waals surface area contributed by atoms with Crippen LogP contribution in [-0.4, -0.2) is 20.7 Å². The van der Waals surface area contributed by atoms with Gasteiger partial charge >= 0.3 is 0 Å². The Morgan fingerprint density at radius 2 is 1.59 bits per heavy atom. The topological polar surface area (TPSA) is 26.3 Å². The van der Waals surface area contributed by atoms with Crippen molar-refractivity contribution in [3.63, 3.8) is 0 Å². The molecule has 0 aromatic heterocycles. The van der Waals surface area contributed by atoms with Gasteiger partial charge in [0.25, 0.3) is 0 Å². The van der Waals surface area contributed by atoms with E-state index in [1.54, 1.807) is 6.92 Å². The van der Waals surface area contributed by atoms with E-state index in [0.717, 1.165) is 12.8 Å². The summed E-state index contributed by atoms with van der Waals surface area (Å²) in [6, 6.07) is 3.52. The van der Waals surface area contributed by atoms with Gasteiger partial charge in [0.05, 0.1) is 5.41 Å². The van der Waals surface area contributed by atoms with Crippen molar-refractivity contribution in [1.29, 1.82) is 0 Å².